The Morgan fingerprint density at radius 2 is 2.00 bits per heavy atom. The summed E-state index contributed by atoms with van der Waals surface area (Å²) in [4.78, 5) is 0. The number of hydrogen-bond acceptors (Lipinski definition) is 2. The Kier molecular flexibility index (Phi) is 3.08. The highest BCUT2D eigenvalue weighted by molar-refractivity contribution is 4.95. The summed E-state index contributed by atoms with van der Waals surface area (Å²) in [6.07, 6.45) is 7.48. The molecule has 0 spiro atoms. The maximum absolute atomic E-state index is 8.79. The molecule has 0 aromatic heterocycles. The summed E-state index contributed by atoms with van der Waals surface area (Å²) >= 11 is 0. The molecule has 14 heavy (non-hydrogen) atoms. The Balaban J connectivity index is 1.66. The minimum absolute atomic E-state index is 0.328. The lowest BCUT2D eigenvalue weighted by atomic mass is 9.78. The zero-order chi connectivity index (χ0) is 9.97. The molecule has 0 bridgehead atoms. The van der Waals surface area contributed by atoms with E-state index in [1.807, 2.05) is 0 Å². The molecule has 2 atom stereocenters. The van der Waals surface area contributed by atoms with Crippen LogP contribution in [0.4, 0.5) is 0 Å². The van der Waals surface area contributed by atoms with Gasteiger partial charge in [-0.05, 0) is 38.0 Å². The van der Waals surface area contributed by atoms with Gasteiger partial charge in [-0.2, -0.15) is 5.26 Å². The van der Waals surface area contributed by atoms with Gasteiger partial charge < -0.3 is 5.32 Å². The summed E-state index contributed by atoms with van der Waals surface area (Å²) in [6, 6.07) is 3.79. The second-order valence-electron chi connectivity index (χ2n) is 4.95. The van der Waals surface area contributed by atoms with Gasteiger partial charge >= 0.3 is 0 Å². The van der Waals surface area contributed by atoms with Crippen molar-refractivity contribution in [1.82, 2.24) is 5.32 Å². The Labute approximate surface area is 86.7 Å². The molecule has 1 N–H and O–H groups in total. The van der Waals surface area contributed by atoms with Crippen LogP contribution in [-0.2, 0) is 0 Å². The zero-order valence-electron chi connectivity index (χ0n) is 9.00. The van der Waals surface area contributed by atoms with Crippen LogP contribution in [0.3, 0.4) is 0 Å². The van der Waals surface area contributed by atoms with E-state index in [0.717, 1.165) is 24.8 Å². The van der Waals surface area contributed by atoms with Crippen LogP contribution in [0.15, 0.2) is 0 Å². The second-order valence-corrected chi connectivity index (χ2v) is 4.95. The Hall–Kier alpha value is -0.550. The third kappa shape index (κ3) is 2.09. The summed E-state index contributed by atoms with van der Waals surface area (Å²) in [5, 5.41) is 12.5. The smallest absolute Gasteiger partial charge is 0.0656 e. The first-order valence-corrected chi connectivity index (χ1v) is 5.97. The summed E-state index contributed by atoms with van der Waals surface area (Å²) in [6.45, 7) is 2.28. The van der Waals surface area contributed by atoms with Gasteiger partial charge in [0.2, 0.25) is 0 Å². The largest absolute Gasteiger partial charge is 0.311 e. The molecule has 0 radical (unpaired) electrons. The highest BCUT2D eigenvalue weighted by Crippen LogP contribution is 2.32. The van der Waals surface area contributed by atoms with Gasteiger partial charge in [0.15, 0.2) is 0 Å². The van der Waals surface area contributed by atoms with Crippen LogP contribution in [0.5, 0.6) is 0 Å². The van der Waals surface area contributed by atoms with E-state index in [1.165, 1.54) is 25.7 Å². The summed E-state index contributed by atoms with van der Waals surface area (Å²) in [7, 11) is 0. The molecule has 0 amide bonds. The second kappa shape index (κ2) is 4.31. The van der Waals surface area contributed by atoms with E-state index >= 15 is 0 Å². The maximum atomic E-state index is 8.79. The molecule has 78 valence electrons. The van der Waals surface area contributed by atoms with E-state index in [-0.39, 0.29) is 0 Å². The van der Waals surface area contributed by atoms with Crippen molar-refractivity contribution in [3.63, 3.8) is 0 Å². The molecule has 2 heteroatoms. The Morgan fingerprint density at radius 3 is 2.57 bits per heavy atom. The van der Waals surface area contributed by atoms with Gasteiger partial charge in [-0.1, -0.05) is 13.3 Å². The topological polar surface area (TPSA) is 35.8 Å². The van der Waals surface area contributed by atoms with Gasteiger partial charge in [0.1, 0.15) is 0 Å². The molecule has 2 saturated carbocycles. The molecule has 2 rings (SSSR count). The van der Waals surface area contributed by atoms with Gasteiger partial charge in [-0.3, -0.25) is 0 Å². The van der Waals surface area contributed by atoms with E-state index in [1.54, 1.807) is 0 Å². The van der Waals surface area contributed by atoms with Crippen LogP contribution < -0.4 is 5.32 Å². The lowest BCUT2D eigenvalue weighted by molar-refractivity contribution is 0.200. The van der Waals surface area contributed by atoms with Crippen molar-refractivity contribution in [3.05, 3.63) is 0 Å². The summed E-state index contributed by atoms with van der Waals surface area (Å²) in [5.41, 5.74) is 0. The van der Waals surface area contributed by atoms with Crippen molar-refractivity contribution >= 4 is 0 Å². The molecule has 2 aliphatic carbocycles. The van der Waals surface area contributed by atoms with Crippen LogP contribution >= 0.6 is 0 Å². The Bertz CT molecular complexity index is 225. The average Bonchev–Trinajstić information content (AvgIpc) is 2.58. The first-order chi connectivity index (χ1) is 6.81. The van der Waals surface area contributed by atoms with Crippen molar-refractivity contribution in [2.24, 2.45) is 11.8 Å². The molecule has 2 fully saturated rings. The third-order valence-electron chi connectivity index (χ3n) is 3.90. The fourth-order valence-corrected chi connectivity index (χ4v) is 2.79. The van der Waals surface area contributed by atoms with E-state index in [9.17, 15) is 0 Å². The molecule has 2 aliphatic rings. The molecule has 0 aromatic carbocycles. The normalized spacial score (nSPS) is 41.7. The van der Waals surface area contributed by atoms with Crippen molar-refractivity contribution < 1.29 is 0 Å². The number of hydrogen-bond donors (Lipinski definition) is 1. The first kappa shape index (κ1) is 9.98. The average molecular weight is 192 g/mol. The van der Waals surface area contributed by atoms with Gasteiger partial charge in [-0.25, -0.2) is 0 Å². The van der Waals surface area contributed by atoms with E-state index < -0.39 is 0 Å². The minimum Gasteiger partial charge on any atom is -0.311 e. The fraction of sp³-hybridized carbons (Fsp3) is 0.917. The van der Waals surface area contributed by atoms with Gasteiger partial charge in [0.05, 0.1) is 6.07 Å². The van der Waals surface area contributed by atoms with Crippen LogP contribution in [0.2, 0.25) is 0 Å². The number of nitrogens with one attached hydrogen (secondary N) is 1. The maximum Gasteiger partial charge on any atom is 0.0656 e. The van der Waals surface area contributed by atoms with Crippen molar-refractivity contribution in [2.75, 3.05) is 0 Å². The van der Waals surface area contributed by atoms with Crippen molar-refractivity contribution in [3.8, 4) is 6.07 Å². The molecule has 2 nitrogen and oxygen atoms in total. The monoisotopic (exact) mass is 192 g/mol. The van der Waals surface area contributed by atoms with Gasteiger partial charge in [0, 0.05) is 18.0 Å². The number of nitrogens with zero attached hydrogens (tertiary/aromatic N) is 1. The highest BCUT2D eigenvalue weighted by atomic mass is 15.0. The SMILES string of the molecule is CCC1CC(NC2CCC(C#N)C2)C1. The van der Waals surface area contributed by atoms with Crippen LogP contribution in [0, 0.1) is 23.2 Å². The van der Waals surface area contributed by atoms with E-state index in [4.69, 9.17) is 5.26 Å². The highest BCUT2D eigenvalue weighted by Gasteiger charge is 2.32. The molecular weight excluding hydrogens is 172 g/mol. The van der Waals surface area contributed by atoms with Crippen LogP contribution in [0.1, 0.15) is 45.4 Å². The first-order valence-electron chi connectivity index (χ1n) is 5.97. The van der Waals surface area contributed by atoms with E-state index in [2.05, 4.69) is 18.3 Å². The number of rotatable bonds is 3. The van der Waals surface area contributed by atoms with Gasteiger partial charge in [0.25, 0.3) is 0 Å². The standard InChI is InChI=1S/C12H20N2/c1-2-9-5-12(6-9)14-11-4-3-10(7-11)8-13/h9-12,14H,2-7H2,1H3. The third-order valence-corrected chi connectivity index (χ3v) is 3.90. The lowest BCUT2D eigenvalue weighted by Crippen LogP contribution is -2.45. The fourth-order valence-electron chi connectivity index (χ4n) is 2.79. The molecule has 0 aliphatic heterocycles. The van der Waals surface area contributed by atoms with Crippen molar-refractivity contribution in [2.45, 2.75) is 57.5 Å². The van der Waals surface area contributed by atoms with E-state index in [0.29, 0.717) is 12.0 Å². The quantitative estimate of drug-likeness (QED) is 0.745. The molecule has 2 unspecified atom stereocenters. The predicted octanol–water partition coefficient (Wildman–Crippen LogP) is 2.46. The molecule has 0 aromatic rings. The van der Waals surface area contributed by atoms with Crippen molar-refractivity contribution in [1.29, 1.82) is 5.26 Å². The Morgan fingerprint density at radius 1 is 1.21 bits per heavy atom. The van der Waals surface area contributed by atoms with Gasteiger partial charge in [-0.15, -0.1) is 0 Å². The molecule has 0 saturated heterocycles. The predicted molar refractivity (Wildman–Crippen MR) is 56.7 cm³/mol. The summed E-state index contributed by atoms with van der Waals surface area (Å²) in [5.74, 6) is 1.30. The van der Waals surface area contributed by atoms with Crippen LogP contribution in [-0.4, -0.2) is 12.1 Å². The van der Waals surface area contributed by atoms with Crippen LogP contribution in [0.25, 0.3) is 0 Å². The number of nitriles is 1. The zero-order valence-corrected chi connectivity index (χ0v) is 9.00. The molecule has 0 heterocycles. The lowest BCUT2D eigenvalue weighted by Gasteiger charge is -2.37. The minimum atomic E-state index is 0.328. The summed E-state index contributed by atoms with van der Waals surface area (Å²) < 4.78 is 0. The molecular formula is C12H20N2.